The van der Waals surface area contributed by atoms with E-state index in [0.717, 1.165) is 5.75 Å². The molecule has 3 atom stereocenters. The minimum absolute atomic E-state index is 0.523. The summed E-state index contributed by atoms with van der Waals surface area (Å²) in [6.45, 7) is 1.21. The molecule has 4 rings (SSSR count). The van der Waals surface area contributed by atoms with Crippen LogP contribution in [0.25, 0.3) is 0 Å². The van der Waals surface area contributed by atoms with Crippen LogP contribution in [0, 0.1) is 5.92 Å². The molecule has 1 saturated heterocycles. The van der Waals surface area contributed by atoms with Gasteiger partial charge in [0.1, 0.15) is 5.75 Å². The predicted molar refractivity (Wildman–Crippen MR) is 89.4 cm³/mol. The Kier molecular flexibility index (Phi) is 3.42. The Hall–Kier alpha value is -1.80. The van der Waals surface area contributed by atoms with Crippen molar-refractivity contribution in [2.75, 3.05) is 20.7 Å². The average Bonchev–Trinajstić information content (AvgIpc) is 2.90. The van der Waals surface area contributed by atoms with Crippen LogP contribution in [-0.4, -0.2) is 25.6 Å². The van der Waals surface area contributed by atoms with Gasteiger partial charge in [0.2, 0.25) is 0 Å². The Balaban J connectivity index is 1.80. The number of rotatable bonds is 2. The molecule has 0 radical (unpaired) electrons. The van der Waals surface area contributed by atoms with E-state index in [4.69, 9.17) is 4.74 Å². The van der Waals surface area contributed by atoms with E-state index in [0.29, 0.717) is 17.9 Å². The topological polar surface area (TPSA) is 12.5 Å². The molecule has 2 aliphatic rings. The second-order valence-electron chi connectivity index (χ2n) is 6.61. The molecule has 1 aliphatic heterocycles. The smallest absolute Gasteiger partial charge is 0.118 e. The third kappa shape index (κ3) is 2.05. The molecule has 2 nitrogen and oxygen atoms in total. The summed E-state index contributed by atoms with van der Waals surface area (Å²) in [4.78, 5) is 2.55. The van der Waals surface area contributed by atoms with Crippen LogP contribution >= 0.6 is 0 Å². The van der Waals surface area contributed by atoms with Crippen molar-refractivity contribution in [3.05, 3.63) is 65.2 Å². The van der Waals surface area contributed by atoms with Gasteiger partial charge in [-0.25, -0.2) is 0 Å². The molecule has 0 spiro atoms. The summed E-state index contributed by atoms with van der Waals surface area (Å²) in [7, 11) is 4.01. The van der Waals surface area contributed by atoms with Crippen molar-refractivity contribution in [3.8, 4) is 5.75 Å². The minimum atomic E-state index is 0.523. The van der Waals surface area contributed by atoms with Crippen molar-refractivity contribution in [2.45, 2.75) is 24.8 Å². The number of likely N-dealkylation sites (tertiary alicyclic amines) is 1. The van der Waals surface area contributed by atoms with Crippen molar-refractivity contribution in [1.82, 2.24) is 4.90 Å². The Morgan fingerprint density at radius 3 is 2.45 bits per heavy atom. The number of hydrogen-bond acceptors (Lipinski definition) is 2. The van der Waals surface area contributed by atoms with E-state index in [1.807, 2.05) is 0 Å². The molecule has 0 saturated carbocycles. The molecule has 1 aliphatic carbocycles. The molecule has 114 valence electrons. The Morgan fingerprint density at radius 2 is 1.73 bits per heavy atom. The lowest BCUT2D eigenvalue weighted by Crippen LogP contribution is -2.34. The number of methoxy groups -OCH3 is 1. The average molecular weight is 293 g/mol. The third-order valence-corrected chi connectivity index (χ3v) is 5.48. The molecule has 0 N–H and O–H groups in total. The molecule has 0 bridgehead atoms. The summed E-state index contributed by atoms with van der Waals surface area (Å²) in [6, 6.07) is 18.3. The van der Waals surface area contributed by atoms with Crippen LogP contribution in [0.1, 0.15) is 41.5 Å². The molecule has 22 heavy (non-hydrogen) atoms. The lowest BCUT2D eigenvalue weighted by Gasteiger charge is -2.37. The van der Waals surface area contributed by atoms with E-state index in [2.05, 4.69) is 60.5 Å². The fraction of sp³-hybridized carbons (Fsp3) is 0.400. The summed E-state index contributed by atoms with van der Waals surface area (Å²) < 4.78 is 5.32. The molecular formula is C20H23NO. The van der Waals surface area contributed by atoms with E-state index in [1.54, 1.807) is 7.11 Å². The summed E-state index contributed by atoms with van der Waals surface area (Å²) in [6.07, 6.45) is 2.62. The highest BCUT2D eigenvalue weighted by atomic mass is 16.5. The zero-order chi connectivity index (χ0) is 15.1. The Labute approximate surface area is 132 Å². The number of ether oxygens (including phenoxy) is 1. The summed E-state index contributed by atoms with van der Waals surface area (Å²) in [5.41, 5.74) is 4.49. The van der Waals surface area contributed by atoms with Crippen LogP contribution in [-0.2, 0) is 0 Å². The maximum Gasteiger partial charge on any atom is 0.118 e. The quantitative estimate of drug-likeness (QED) is 0.822. The summed E-state index contributed by atoms with van der Waals surface area (Å²) in [5.74, 6) is 2.16. The van der Waals surface area contributed by atoms with Gasteiger partial charge in [-0.2, -0.15) is 0 Å². The number of hydrogen-bond donors (Lipinski definition) is 0. The van der Waals surface area contributed by atoms with Gasteiger partial charge in [-0.15, -0.1) is 0 Å². The van der Waals surface area contributed by atoms with Crippen LogP contribution in [0.2, 0.25) is 0 Å². The monoisotopic (exact) mass is 293 g/mol. The number of piperidine rings is 1. The van der Waals surface area contributed by atoms with Crippen molar-refractivity contribution < 1.29 is 4.74 Å². The fourth-order valence-corrected chi connectivity index (χ4v) is 4.55. The number of benzene rings is 2. The number of nitrogens with zero attached hydrogens (tertiary/aromatic N) is 1. The van der Waals surface area contributed by atoms with Crippen LogP contribution in [0.4, 0.5) is 0 Å². The Morgan fingerprint density at radius 1 is 1.00 bits per heavy atom. The van der Waals surface area contributed by atoms with Crippen molar-refractivity contribution in [1.29, 1.82) is 0 Å². The Bertz CT molecular complexity index is 664. The van der Waals surface area contributed by atoms with E-state index in [-0.39, 0.29) is 0 Å². The highest BCUT2D eigenvalue weighted by Gasteiger charge is 2.44. The first-order valence-corrected chi connectivity index (χ1v) is 8.22. The van der Waals surface area contributed by atoms with Crippen molar-refractivity contribution >= 4 is 0 Å². The summed E-state index contributed by atoms with van der Waals surface area (Å²) in [5, 5.41) is 0. The van der Waals surface area contributed by atoms with Crippen LogP contribution < -0.4 is 4.74 Å². The van der Waals surface area contributed by atoms with Crippen LogP contribution in [0.15, 0.2) is 48.5 Å². The van der Waals surface area contributed by atoms with Crippen LogP contribution in [0.5, 0.6) is 5.75 Å². The first-order valence-electron chi connectivity index (χ1n) is 8.22. The van der Waals surface area contributed by atoms with Gasteiger partial charge in [-0.05, 0) is 61.2 Å². The molecular weight excluding hydrogens is 270 g/mol. The molecule has 2 aromatic carbocycles. The maximum absolute atomic E-state index is 5.32. The van der Waals surface area contributed by atoms with Crippen molar-refractivity contribution in [2.24, 2.45) is 5.92 Å². The van der Waals surface area contributed by atoms with E-state index < -0.39 is 0 Å². The number of fused-ring (bicyclic) bond motifs is 3. The molecule has 0 amide bonds. The molecule has 0 aromatic heterocycles. The maximum atomic E-state index is 5.32. The zero-order valence-electron chi connectivity index (χ0n) is 13.3. The first kappa shape index (κ1) is 13.8. The standard InChI is InChI=1S/C20H23NO/c1-21-13-5-8-18-19(14-9-11-15(22-2)12-10-14)16-6-3-4-7-17(16)20(18)21/h3-4,6-7,9-12,18-20H,5,8,13H2,1-2H3/t18-,19+,20+/m1/s1. The van der Waals surface area contributed by atoms with Crippen molar-refractivity contribution in [3.63, 3.8) is 0 Å². The SMILES string of the molecule is COc1ccc([C@H]2c3ccccc3[C@H]3[C@@H]2CCCN3C)cc1. The van der Waals surface area contributed by atoms with Gasteiger partial charge in [0.15, 0.2) is 0 Å². The first-order chi connectivity index (χ1) is 10.8. The second kappa shape index (κ2) is 5.44. The highest BCUT2D eigenvalue weighted by Crippen LogP contribution is 2.54. The van der Waals surface area contributed by atoms with Gasteiger partial charge < -0.3 is 4.74 Å². The lowest BCUT2D eigenvalue weighted by molar-refractivity contribution is 0.127. The lowest BCUT2D eigenvalue weighted by atomic mass is 9.80. The second-order valence-corrected chi connectivity index (χ2v) is 6.61. The van der Waals surface area contributed by atoms with Gasteiger partial charge in [0, 0.05) is 12.0 Å². The zero-order valence-corrected chi connectivity index (χ0v) is 13.3. The van der Waals surface area contributed by atoms with Gasteiger partial charge in [-0.3, -0.25) is 4.90 Å². The normalized spacial score (nSPS) is 27.3. The van der Waals surface area contributed by atoms with Crippen LogP contribution in [0.3, 0.4) is 0 Å². The summed E-state index contributed by atoms with van der Waals surface area (Å²) >= 11 is 0. The van der Waals surface area contributed by atoms with Gasteiger partial charge in [0.25, 0.3) is 0 Å². The fourth-order valence-electron chi connectivity index (χ4n) is 4.55. The van der Waals surface area contributed by atoms with E-state index in [9.17, 15) is 0 Å². The van der Waals surface area contributed by atoms with Gasteiger partial charge in [0.05, 0.1) is 7.11 Å². The van der Waals surface area contributed by atoms with Gasteiger partial charge in [-0.1, -0.05) is 36.4 Å². The molecule has 2 aromatic rings. The predicted octanol–water partition coefficient (Wildman–Crippen LogP) is 4.22. The molecule has 0 unspecified atom stereocenters. The largest absolute Gasteiger partial charge is 0.497 e. The van der Waals surface area contributed by atoms with E-state index >= 15 is 0 Å². The molecule has 2 heteroatoms. The van der Waals surface area contributed by atoms with Gasteiger partial charge >= 0.3 is 0 Å². The highest BCUT2D eigenvalue weighted by molar-refractivity contribution is 5.47. The minimum Gasteiger partial charge on any atom is -0.497 e. The third-order valence-electron chi connectivity index (χ3n) is 5.48. The molecule has 1 fully saturated rings. The van der Waals surface area contributed by atoms with E-state index in [1.165, 1.54) is 36.1 Å². The molecule has 1 heterocycles.